The van der Waals surface area contributed by atoms with E-state index in [1.807, 2.05) is 30.0 Å². The van der Waals surface area contributed by atoms with Gasteiger partial charge in [0.05, 0.1) is 0 Å². The van der Waals surface area contributed by atoms with E-state index in [9.17, 15) is 4.79 Å². The third kappa shape index (κ3) is 3.19. The van der Waals surface area contributed by atoms with Crippen LogP contribution in [-0.4, -0.2) is 30.5 Å². The molecular weight excluding hydrogens is 244 g/mol. The van der Waals surface area contributed by atoms with E-state index >= 15 is 0 Å². The van der Waals surface area contributed by atoms with Crippen molar-refractivity contribution in [3.8, 4) is 0 Å². The molecule has 0 saturated carbocycles. The molecule has 2 rings (SSSR count). The minimum absolute atomic E-state index is 0.0303. The fourth-order valence-corrected chi connectivity index (χ4v) is 3.23. The highest BCUT2D eigenvalue weighted by atomic mass is 32.2. The highest BCUT2D eigenvalue weighted by molar-refractivity contribution is 7.99. The van der Waals surface area contributed by atoms with Crippen molar-refractivity contribution in [3.63, 3.8) is 0 Å². The van der Waals surface area contributed by atoms with Gasteiger partial charge in [-0.05, 0) is 49.0 Å². The van der Waals surface area contributed by atoms with E-state index in [0.717, 1.165) is 11.3 Å². The van der Waals surface area contributed by atoms with Crippen LogP contribution in [0.3, 0.4) is 0 Å². The first-order chi connectivity index (χ1) is 8.70. The predicted molar refractivity (Wildman–Crippen MR) is 78.5 cm³/mol. The number of benzene rings is 1. The van der Waals surface area contributed by atoms with Crippen LogP contribution in [-0.2, 0) is 0 Å². The van der Waals surface area contributed by atoms with Gasteiger partial charge in [-0.15, -0.1) is 0 Å². The van der Waals surface area contributed by atoms with Crippen molar-refractivity contribution in [1.29, 1.82) is 0 Å². The van der Waals surface area contributed by atoms with Crippen LogP contribution in [0.5, 0.6) is 0 Å². The summed E-state index contributed by atoms with van der Waals surface area (Å²) in [6.07, 6.45) is 2.41. The number of carbonyl (C=O) groups is 1. The van der Waals surface area contributed by atoms with Crippen LogP contribution in [0, 0.1) is 6.92 Å². The number of nitrogens with one attached hydrogen (secondary N) is 2. The Balaban J connectivity index is 2.12. The number of rotatable bonds is 3. The van der Waals surface area contributed by atoms with Gasteiger partial charge >= 0.3 is 0 Å². The van der Waals surface area contributed by atoms with E-state index in [-0.39, 0.29) is 5.91 Å². The maximum absolute atomic E-state index is 11.6. The van der Waals surface area contributed by atoms with Crippen LogP contribution in [0.2, 0.25) is 0 Å². The molecule has 0 radical (unpaired) electrons. The first-order valence-corrected chi connectivity index (χ1v) is 7.53. The topological polar surface area (TPSA) is 41.1 Å². The van der Waals surface area contributed by atoms with Gasteiger partial charge < -0.3 is 10.6 Å². The molecule has 1 saturated heterocycles. The summed E-state index contributed by atoms with van der Waals surface area (Å²) in [5.41, 5.74) is 3.00. The van der Waals surface area contributed by atoms with Gasteiger partial charge in [0.1, 0.15) is 0 Å². The van der Waals surface area contributed by atoms with E-state index in [1.165, 1.54) is 29.9 Å². The lowest BCUT2D eigenvalue weighted by Crippen LogP contribution is -2.25. The SMILES string of the molecule is CNC(=O)c1ccc(C)c(NC2CCSCC2)c1. The number of aryl methyl sites for hydroxylation is 1. The van der Waals surface area contributed by atoms with Crippen LogP contribution in [0.25, 0.3) is 0 Å². The summed E-state index contributed by atoms with van der Waals surface area (Å²) >= 11 is 2.02. The summed E-state index contributed by atoms with van der Waals surface area (Å²) in [6.45, 7) is 2.08. The molecular formula is C14H20N2OS. The third-order valence-corrected chi connectivity index (χ3v) is 4.36. The number of anilines is 1. The van der Waals surface area contributed by atoms with E-state index in [4.69, 9.17) is 0 Å². The van der Waals surface area contributed by atoms with Gasteiger partial charge in [0.15, 0.2) is 0 Å². The number of hydrogen-bond donors (Lipinski definition) is 2. The molecule has 18 heavy (non-hydrogen) atoms. The molecule has 1 heterocycles. The minimum atomic E-state index is -0.0303. The molecule has 98 valence electrons. The molecule has 0 aliphatic carbocycles. The largest absolute Gasteiger partial charge is 0.382 e. The van der Waals surface area contributed by atoms with Crippen LogP contribution in [0.15, 0.2) is 18.2 Å². The third-order valence-electron chi connectivity index (χ3n) is 3.31. The number of amides is 1. The predicted octanol–water partition coefficient (Wildman–Crippen LogP) is 2.66. The Morgan fingerprint density at radius 1 is 1.33 bits per heavy atom. The van der Waals surface area contributed by atoms with Gasteiger partial charge in [-0.2, -0.15) is 11.8 Å². The molecule has 0 atom stereocenters. The second kappa shape index (κ2) is 6.14. The van der Waals surface area contributed by atoms with Crippen molar-refractivity contribution >= 4 is 23.4 Å². The molecule has 3 nitrogen and oxygen atoms in total. The Hall–Kier alpha value is -1.16. The first-order valence-electron chi connectivity index (χ1n) is 6.37. The monoisotopic (exact) mass is 264 g/mol. The van der Waals surface area contributed by atoms with Gasteiger partial charge in [-0.3, -0.25) is 4.79 Å². The van der Waals surface area contributed by atoms with Crippen molar-refractivity contribution in [3.05, 3.63) is 29.3 Å². The van der Waals surface area contributed by atoms with Crippen molar-refractivity contribution in [2.45, 2.75) is 25.8 Å². The standard InChI is InChI=1S/C14H20N2OS/c1-10-3-4-11(14(17)15-2)9-13(10)16-12-5-7-18-8-6-12/h3-4,9,12,16H,5-8H2,1-2H3,(H,15,17). The normalized spacial score (nSPS) is 16.3. The smallest absolute Gasteiger partial charge is 0.251 e. The molecule has 1 aromatic carbocycles. The zero-order valence-electron chi connectivity index (χ0n) is 11.0. The Kier molecular flexibility index (Phi) is 4.53. The molecule has 1 fully saturated rings. The van der Waals surface area contributed by atoms with Crippen LogP contribution in [0.4, 0.5) is 5.69 Å². The van der Waals surface area contributed by atoms with Gasteiger partial charge in [-0.1, -0.05) is 6.07 Å². The number of carbonyl (C=O) groups excluding carboxylic acids is 1. The summed E-state index contributed by atoms with van der Waals surface area (Å²) in [4.78, 5) is 11.6. The average Bonchev–Trinajstić information content (AvgIpc) is 2.41. The van der Waals surface area contributed by atoms with E-state index in [2.05, 4.69) is 17.6 Å². The number of hydrogen-bond acceptors (Lipinski definition) is 3. The van der Waals surface area contributed by atoms with Gasteiger partial charge in [0.25, 0.3) is 5.91 Å². The quantitative estimate of drug-likeness (QED) is 0.882. The zero-order chi connectivity index (χ0) is 13.0. The average molecular weight is 264 g/mol. The molecule has 0 bridgehead atoms. The van der Waals surface area contributed by atoms with E-state index in [0.29, 0.717) is 6.04 Å². The van der Waals surface area contributed by atoms with Gasteiger partial charge in [0, 0.05) is 24.3 Å². The summed E-state index contributed by atoms with van der Waals surface area (Å²) in [6, 6.07) is 6.38. The Bertz CT molecular complexity index is 428. The van der Waals surface area contributed by atoms with Crippen molar-refractivity contribution in [1.82, 2.24) is 5.32 Å². The van der Waals surface area contributed by atoms with Crippen LogP contribution >= 0.6 is 11.8 Å². The molecule has 1 aliphatic rings. The molecule has 1 aromatic rings. The summed E-state index contributed by atoms with van der Waals surface area (Å²) in [7, 11) is 1.66. The maximum atomic E-state index is 11.6. The first kappa shape index (κ1) is 13.3. The molecule has 0 unspecified atom stereocenters. The highest BCUT2D eigenvalue weighted by Crippen LogP contribution is 2.23. The van der Waals surface area contributed by atoms with Gasteiger partial charge in [0.2, 0.25) is 0 Å². The Labute approximate surface area is 113 Å². The second-order valence-electron chi connectivity index (χ2n) is 4.64. The summed E-state index contributed by atoms with van der Waals surface area (Å²) in [5, 5.41) is 6.24. The molecule has 4 heteroatoms. The summed E-state index contributed by atoms with van der Waals surface area (Å²) in [5.74, 6) is 2.43. The summed E-state index contributed by atoms with van der Waals surface area (Å²) < 4.78 is 0. The molecule has 0 aromatic heterocycles. The lowest BCUT2D eigenvalue weighted by atomic mass is 10.1. The molecule has 0 spiro atoms. The minimum Gasteiger partial charge on any atom is -0.382 e. The van der Waals surface area contributed by atoms with E-state index in [1.54, 1.807) is 7.05 Å². The van der Waals surface area contributed by atoms with Crippen molar-refractivity contribution < 1.29 is 4.79 Å². The van der Waals surface area contributed by atoms with Crippen molar-refractivity contribution in [2.75, 3.05) is 23.9 Å². The maximum Gasteiger partial charge on any atom is 0.251 e. The second-order valence-corrected chi connectivity index (χ2v) is 5.86. The fourth-order valence-electron chi connectivity index (χ4n) is 2.12. The molecule has 1 amide bonds. The van der Waals surface area contributed by atoms with Crippen molar-refractivity contribution in [2.24, 2.45) is 0 Å². The van der Waals surface area contributed by atoms with Crippen LogP contribution < -0.4 is 10.6 Å². The molecule has 2 N–H and O–H groups in total. The highest BCUT2D eigenvalue weighted by Gasteiger charge is 2.15. The lowest BCUT2D eigenvalue weighted by molar-refractivity contribution is 0.0963. The van der Waals surface area contributed by atoms with E-state index < -0.39 is 0 Å². The van der Waals surface area contributed by atoms with Crippen LogP contribution in [0.1, 0.15) is 28.8 Å². The Morgan fingerprint density at radius 3 is 2.72 bits per heavy atom. The van der Waals surface area contributed by atoms with Gasteiger partial charge in [-0.25, -0.2) is 0 Å². The fraction of sp³-hybridized carbons (Fsp3) is 0.500. The molecule has 1 aliphatic heterocycles. The Morgan fingerprint density at radius 2 is 2.06 bits per heavy atom. The zero-order valence-corrected chi connectivity index (χ0v) is 11.8. The lowest BCUT2D eigenvalue weighted by Gasteiger charge is -2.24. The number of thioether (sulfide) groups is 1.